The van der Waals surface area contributed by atoms with Gasteiger partial charge < -0.3 is 20.1 Å². The number of nitrogens with zero attached hydrogens (tertiary/aromatic N) is 1. The van der Waals surface area contributed by atoms with Crippen molar-refractivity contribution in [2.75, 3.05) is 13.7 Å². The first kappa shape index (κ1) is 20.3. The Hall–Kier alpha value is -4.30. The second-order valence-electron chi connectivity index (χ2n) is 8.51. The minimum absolute atomic E-state index is 0.145. The van der Waals surface area contributed by atoms with Gasteiger partial charge in [-0.2, -0.15) is 0 Å². The molecule has 3 heterocycles. The van der Waals surface area contributed by atoms with Crippen molar-refractivity contribution < 1.29 is 15.2 Å². The van der Waals surface area contributed by atoms with Gasteiger partial charge in [-0.25, -0.2) is 9.36 Å². The van der Waals surface area contributed by atoms with Crippen LogP contribution in [0.1, 0.15) is 22.9 Å². The molecule has 1 atom stereocenters. The minimum atomic E-state index is -0.681. The average Bonchev–Trinajstić information content (AvgIpc) is 3.22. The number of methoxy groups -OCH3 is 1. The van der Waals surface area contributed by atoms with E-state index in [1.54, 1.807) is 13.2 Å². The SMILES string of the molecule is COc1ccc2[nH]c3c(c2c1)CC[NH2+][C@@H]3c1c(O)n(-c2cccc3ccccc23)c(=O)[nH]c1=O. The molecule has 0 bridgehead atoms. The van der Waals surface area contributed by atoms with E-state index < -0.39 is 17.3 Å². The number of aromatic amines is 2. The summed E-state index contributed by atoms with van der Waals surface area (Å²) >= 11 is 0. The number of nitrogens with two attached hydrogens (primary N) is 1. The Balaban J connectivity index is 1.59. The lowest BCUT2D eigenvalue weighted by molar-refractivity contribution is -0.690. The lowest BCUT2D eigenvalue weighted by Crippen LogP contribution is -2.87. The molecule has 8 nitrogen and oxygen atoms in total. The number of aromatic hydroxyl groups is 1. The zero-order chi connectivity index (χ0) is 23.4. The molecule has 0 saturated carbocycles. The number of quaternary nitrogens is 1. The van der Waals surface area contributed by atoms with Gasteiger partial charge in [-0.1, -0.05) is 36.4 Å². The molecule has 1 aliphatic heterocycles. The number of hydrogen-bond acceptors (Lipinski definition) is 4. The van der Waals surface area contributed by atoms with Gasteiger partial charge in [-0.15, -0.1) is 0 Å². The van der Waals surface area contributed by atoms with Gasteiger partial charge in [0, 0.05) is 22.7 Å². The summed E-state index contributed by atoms with van der Waals surface area (Å²) in [6.07, 6.45) is 0.806. The van der Waals surface area contributed by atoms with Crippen molar-refractivity contribution in [1.29, 1.82) is 0 Å². The summed E-state index contributed by atoms with van der Waals surface area (Å²) in [5.74, 6) is 0.404. The average molecular weight is 455 g/mol. The fourth-order valence-electron chi connectivity index (χ4n) is 5.13. The maximum Gasteiger partial charge on any atom is 0.335 e. The number of hydrogen-bond donors (Lipinski definition) is 4. The van der Waals surface area contributed by atoms with E-state index in [4.69, 9.17) is 4.74 Å². The molecule has 3 aromatic carbocycles. The largest absolute Gasteiger partial charge is 0.497 e. The Morgan fingerprint density at radius 3 is 2.71 bits per heavy atom. The normalized spacial score (nSPS) is 15.5. The molecule has 5 aromatic rings. The van der Waals surface area contributed by atoms with Crippen LogP contribution in [0.2, 0.25) is 0 Å². The predicted molar refractivity (Wildman–Crippen MR) is 129 cm³/mol. The standard InChI is InChI=1S/C26H22N4O4/c1-34-15-9-10-19-18(13-15)17-11-12-27-23(22(17)28-19)21-24(31)29-26(33)30(25(21)32)20-8-4-6-14-5-2-3-7-16(14)20/h2-10,13,23,27-28,32H,11-12H2,1H3,(H,29,31,33)/p+1/t23-/m1/s1. The molecule has 170 valence electrons. The molecule has 5 N–H and O–H groups in total. The third-order valence-electron chi connectivity index (χ3n) is 6.69. The van der Waals surface area contributed by atoms with Gasteiger partial charge in [0.25, 0.3) is 5.56 Å². The van der Waals surface area contributed by atoms with Crippen molar-refractivity contribution >= 4 is 21.7 Å². The monoisotopic (exact) mass is 455 g/mol. The molecule has 6 rings (SSSR count). The topological polar surface area (TPSA) is 117 Å². The highest BCUT2D eigenvalue weighted by molar-refractivity contribution is 5.90. The van der Waals surface area contributed by atoms with Gasteiger partial charge in [-0.3, -0.25) is 9.78 Å². The molecule has 0 fully saturated rings. The number of fused-ring (bicyclic) bond motifs is 4. The summed E-state index contributed by atoms with van der Waals surface area (Å²) in [5.41, 5.74) is 2.25. The van der Waals surface area contributed by atoms with Crippen LogP contribution in [0.4, 0.5) is 0 Å². The quantitative estimate of drug-likeness (QED) is 0.333. The van der Waals surface area contributed by atoms with Crippen LogP contribution in [0.5, 0.6) is 11.6 Å². The van der Waals surface area contributed by atoms with Gasteiger partial charge in [0.15, 0.2) is 6.04 Å². The zero-order valence-corrected chi connectivity index (χ0v) is 18.5. The molecule has 1 aliphatic rings. The van der Waals surface area contributed by atoms with Crippen LogP contribution < -0.4 is 21.3 Å². The van der Waals surface area contributed by atoms with Gasteiger partial charge >= 0.3 is 5.69 Å². The molecule has 0 spiro atoms. The van der Waals surface area contributed by atoms with E-state index in [1.165, 1.54) is 4.57 Å². The Labute approximate surface area is 193 Å². The fourth-order valence-corrected chi connectivity index (χ4v) is 5.13. The van der Waals surface area contributed by atoms with E-state index in [-0.39, 0.29) is 11.4 Å². The summed E-state index contributed by atoms with van der Waals surface area (Å²) in [5, 5.41) is 16.2. The molecule has 0 saturated heterocycles. The van der Waals surface area contributed by atoms with Crippen molar-refractivity contribution in [3.05, 3.63) is 98.3 Å². The number of ether oxygens (including phenoxy) is 1. The summed E-state index contributed by atoms with van der Waals surface area (Å²) < 4.78 is 6.58. The van der Waals surface area contributed by atoms with Gasteiger partial charge in [0.1, 0.15) is 11.3 Å². The predicted octanol–water partition coefficient (Wildman–Crippen LogP) is 2.08. The third-order valence-corrected chi connectivity index (χ3v) is 6.69. The van der Waals surface area contributed by atoms with Crippen LogP contribution in [-0.2, 0) is 6.42 Å². The van der Waals surface area contributed by atoms with Crippen molar-refractivity contribution in [1.82, 2.24) is 14.5 Å². The summed E-state index contributed by atoms with van der Waals surface area (Å²) in [7, 11) is 1.63. The number of H-pyrrole nitrogens is 2. The lowest BCUT2D eigenvalue weighted by atomic mass is 9.95. The molecular formula is C26H23N4O4+. The van der Waals surface area contributed by atoms with E-state index in [1.807, 2.05) is 59.9 Å². The Morgan fingerprint density at radius 2 is 1.85 bits per heavy atom. The number of nitrogens with one attached hydrogen (secondary N) is 2. The zero-order valence-electron chi connectivity index (χ0n) is 18.5. The molecule has 0 radical (unpaired) electrons. The van der Waals surface area contributed by atoms with Crippen LogP contribution >= 0.6 is 0 Å². The smallest absolute Gasteiger partial charge is 0.335 e. The van der Waals surface area contributed by atoms with Gasteiger partial charge in [-0.05, 0) is 35.2 Å². The molecule has 2 aromatic heterocycles. The molecule has 0 unspecified atom stereocenters. The number of rotatable bonds is 3. The maximum atomic E-state index is 13.0. The third kappa shape index (κ3) is 2.96. The van der Waals surface area contributed by atoms with Crippen LogP contribution in [-0.4, -0.2) is 33.3 Å². The first-order chi connectivity index (χ1) is 16.6. The van der Waals surface area contributed by atoms with E-state index >= 15 is 0 Å². The summed E-state index contributed by atoms with van der Waals surface area (Å²) in [6, 6.07) is 18.5. The number of benzene rings is 3. The van der Waals surface area contributed by atoms with Crippen molar-refractivity contribution in [3.63, 3.8) is 0 Å². The second kappa shape index (κ2) is 7.64. The highest BCUT2D eigenvalue weighted by Gasteiger charge is 2.34. The second-order valence-corrected chi connectivity index (χ2v) is 8.51. The minimum Gasteiger partial charge on any atom is -0.497 e. The lowest BCUT2D eigenvalue weighted by Gasteiger charge is -2.22. The number of aromatic nitrogens is 3. The van der Waals surface area contributed by atoms with E-state index in [9.17, 15) is 14.7 Å². The van der Waals surface area contributed by atoms with E-state index in [2.05, 4.69) is 9.97 Å². The first-order valence-electron chi connectivity index (χ1n) is 11.1. The Kier molecular flexibility index (Phi) is 4.56. The van der Waals surface area contributed by atoms with Gasteiger partial charge in [0.05, 0.1) is 25.0 Å². The first-order valence-corrected chi connectivity index (χ1v) is 11.1. The molecule has 8 heteroatoms. The molecular weight excluding hydrogens is 432 g/mol. The van der Waals surface area contributed by atoms with Gasteiger partial charge in [0.2, 0.25) is 5.88 Å². The van der Waals surface area contributed by atoms with E-state index in [0.29, 0.717) is 5.69 Å². The Morgan fingerprint density at radius 1 is 1.03 bits per heavy atom. The van der Waals surface area contributed by atoms with E-state index in [0.717, 1.165) is 51.6 Å². The highest BCUT2D eigenvalue weighted by Crippen LogP contribution is 2.34. The van der Waals surface area contributed by atoms with Crippen molar-refractivity contribution in [2.45, 2.75) is 12.5 Å². The van der Waals surface area contributed by atoms with Crippen molar-refractivity contribution in [3.8, 4) is 17.3 Å². The van der Waals surface area contributed by atoms with Crippen LogP contribution in [0.25, 0.3) is 27.4 Å². The summed E-state index contributed by atoms with van der Waals surface area (Å²) in [6.45, 7) is 0.730. The molecule has 0 aliphatic carbocycles. The van der Waals surface area contributed by atoms with Crippen LogP contribution in [0, 0.1) is 0 Å². The molecule has 0 amide bonds. The molecule has 34 heavy (non-hydrogen) atoms. The maximum absolute atomic E-state index is 13.0. The van der Waals surface area contributed by atoms with Crippen LogP contribution in [0.15, 0.2) is 70.3 Å². The van der Waals surface area contributed by atoms with Crippen molar-refractivity contribution in [2.24, 2.45) is 0 Å². The summed E-state index contributed by atoms with van der Waals surface area (Å²) in [4.78, 5) is 31.8. The Bertz CT molecular complexity index is 1690. The van der Waals surface area contributed by atoms with Crippen LogP contribution in [0.3, 0.4) is 0 Å². The highest BCUT2D eigenvalue weighted by atomic mass is 16.5. The fraction of sp³-hybridized carbons (Fsp3) is 0.154.